The van der Waals surface area contributed by atoms with E-state index in [1.165, 1.54) is 0 Å². The lowest BCUT2D eigenvalue weighted by Crippen LogP contribution is -2.21. The van der Waals surface area contributed by atoms with Crippen LogP contribution in [0.15, 0.2) is 53.1 Å². The number of carbonyl (C=O) groups is 1. The number of amides is 1. The molecular weight excluding hydrogens is 328 g/mol. The van der Waals surface area contributed by atoms with Gasteiger partial charge in [0.25, 0.3) is 5.89 Å². The van der Waals surface area contributed by atoms with Crippen LogP contribution in [-0.4, -0.2) is 16.0 Å². The van der Waals surface area contributed by atoms with Gasteiger partial charge in [0.15, 0.2) is 5.82 Å². The van der Waals surface area contributed by atoms with E-state index in [-0.39, 0.29) is 18.4 Å². The minimum atomic E-state index is -0.345. The number of aryl methyl sites for hydroxylation is 2. The van der Waals surface area contributed by atoms with Crippen molar-refractivity contribution in [3.05, 3.63) is 65.5 Å². The summed E-state index contributed by atoms with van der Waals surface area (Å²) in [4.78, 5) is 16.7. The van der Waals surface area contributed by atoms with Crippen LogP contribution in [0, 0.1) is 6.92 Å². The van der Waals surface area contributed by atoms with Crippen LogP contribution in [0.3, 0.4) is 0 Å². The van der Waals surface area contributed by atoms with E-state index in [2.05, 4.69) is 15.5 Å². The Kier molecular flexibility index (Phi) is 5.43. The number of rotatable bonds is 6. The highest BCUT2D eigenvalue weighted by atomic mass is 16.5. The molecule has 2 aromatic carbocycles. The summed E-state index contributed by atoms with van der Waals surface area (Å²) >= 11 is 0. The number of carbonyl (C=O) groups excluding carboxylic acids is 1. The fourth-order valence-electron chi connectivity index (χ4n) is 2.62. The van der Waals surface area contributed by atoms with Crippen LogP contribution in [0.25, 0.3) is 11.5 Å². The molecule has 26 heavy (non-hydrogen) atoms. The van der Waals surface area contributed by atoms with Crippen molar-refractivity contribution in [1.29, 1.82) is 0 Å². The molecule has 0 saturated heterocycles. The van der Waals surface area contributed by atoms with Gasteiger partial charge in [-0.3, -0.25) is 4.79 Å². The minimum absolute atomic E-state index is 0.138. The van der Waals surface area contributed by atoms with Crippen molar-refractivity contribution in [1.82, 2.24) is 10.1 Å². The third kappa shape index (κ3) is 4.15. The van der Waals surface area contributed by atoms with Crippen molar-refractivity contribution in [2.24, 2.45) is 5.73 Å². The van der Waals surface area contributed by atoms with Gasteiger partial charge in [-0.05, 0) is 30.2 Å². The normalized spacial score (nSPS) is 12.0. The van der Waals surface area contributed by atoms with Gasteiger partial charge in [-0.15, -0.1) is 0 Å². The van der Waals surface area contributed by atoms with Gasteiger partial charge >= 0.3 is 0 Å². The molecule has 0 radical (unpaired) electrons. The summed E-state index contributed by atoms with van der Waals surface area (Å²) in [6.07, 6.45) is 0.907. The summed E-state index contributed by atoms with van der Waals surface area (Å²) < 4.78 is 5.27. The first-order chi connectivity index (χ1) is 12.6. The van der Waals surface area contributed by atoms with Crippen molar-refractivity contribution in [2.75, 3.05) is 5.32 Å². The number of nitrogens with one attached hydrogen (secondary N) is 1. The highest BCUT2D eigenvalue weighted by Crippen LogP contribution is 2.25. The van der Waals surface area contributed by atoms with Crippen molar-refractivity contribution in [3.8, 4) is 11.5 Å². The number of nitrogens with zero attached hydrogens (tertiary/aromatic N) is 2. The van der Waals surface area contributed by atoms with E-state index in [0.29, 0.717) is 23.8 Å². The monoisotopic (exact) mass is 350 g/mol. The Morgan fingerprint density at radius 2 is 2.00 bits per heavy atom. The molecule has 3 N–H and O–H groups in total. The van der Waals surface area contributed by atoms with Gasteiger partial charge < -0.3 is 15.6 Å². The van der Waals surface area contributed by atoms with Gasteiger partial charge in [0.2, 0.25) is 5.91 Å². The molecular formula is C20H22N4O2. The van der Waals surface area contributed by atoms with Gasteiger partial charge in [0.1, 0.15) is 0 Å². The molecule has 3 aromatic rings. The number of benzene rings is 2. The standard InChI is InChI=1S/C20H22N4O2/c1-3-18-23-20(26-24-18)15-10-9-13(2)17(11-15)22-19(25)12-16(21)14-7-5-4-6-8-14/h4-11,16H,3,12,21H2,1-2H3,(H,22,25). The molecule has 1 aromatic heterocycles. The topological polar surface area (TPSA) is 94.0 Å². The van der Waals surface area contributed by atoms with E-state index in [9.17, 15) is 4.79 Å². The molecule has 1 amide bonds. The summed E-state index contributed by atoms with van der Waals surface area (Å²) in [5.74, 6) is 0.958. The predicted molar refractivity (Wildman–Crippen MR) is 100 cm³/mol. The molecule has 6 heteroatoms. The zero-order chi connectivity index (χ0) is 18.5. The number of hydrogen-bond donors (Lipinski definition) is 2. The molecule has 0 bridgehead atoms. The fourth-order valence-corrected chi connectivity index (χ4v) is 2.62. The molecule has 0 aliphatic carbocycles. The Morgan fingerprint density at radius 1 is 1.23 bits per heavy atom. The van der Waals surface area contributed by atoms with Crippen molar-refractivity contribution >= 4 is 11.6 Å². The summed E-state index contributed by atoms with van der Waals surface area (Å²) in [6, 6.07) is 14.9. The minimum Gasteiger partial charge on any atom is -0.334 e. The maximum atomic E-state index is 12.4. The summed E-state index contributed by atoms with van der Waals surface area (Å²) in [7, 11) is 0. The Hall–Kier alpha value is -2.99. The highest BCUT2D eigenvalue weighted by molar-refractivity contribution is 5.92. The Morgan fingerprint density at radius 3 is 2.69 bits per heavy atom. The molecule has 6 nitrogen and oxygen atoms in total. The highest BCUT2D eigenvalue weighted by Gasteiger charge is 2.14. The second-order valence-electron chi connectivity index (χ2n) is 6.17. The SMILES string of the molecule is CCc1noc(-c2ccc(C)c(NC(=O)CC(N)c3ccccc3)c2)n1. The Balaban J connectivity index is 1.72. The number of anilines is 1. The quantitative estimate of drug-likeness (QED) is 0.708. The van der Waals surface area contributed by atoms with Crippen LogP contribution in [0.2, 0.25) is 0 Å². The smallest absolute Gasteiger partial charge is 0.257 e. The average molecular weight is 350 g/mol. The van der Waals surface area contributed by atoms with Crippen LogP contribution in [0.5, 0.6) is 0 Å². The van der Waals surface area contributed by atoms with Crippen molar-refractivity contribution < 1.29 is 9.32 Å². The first-order valence-electron chi connectivity index (χ1n) is 8.60. The second-order valence-corrected chi connectivity index (χ2v) is 6.17. The van der Waals surface area contributed by atoms with E-state index in [1.54, 1.807) is 0 Å². The first-order valence-corrected chi connectivity index (χ1v) is 8.60. The summed E-state index contributed by atoms with van der Waals surface area (Å²) in [5, 5.41) is 6.84. The maximum Gasteiger partial charge on any atom is 0.257 e. The third-order valence-electron chi connectivity index (χ3n) is 4.18. The van der Waals surface area contributed by atoms with Gasteiger partial charge in [-0.25, -0.2) is 0 Å². The summed E-state index contributed by atoms with van der Waals surface area (Å²) in [6.45, 7) is 3.90. The Labute approximate surface area is 152 Å². The molecule has 134 valence electrons. The van der Waals surface area contributed by atoms with Crippen LogP contribution < -0.4 is 11.1 Å². The zero-order valence-electron chi connectivity index (χ0n) is 14.9. The van der Waals surface area contributed by atoms with E-state index in [0.717, 1.165) is 16.7 Å². The number of aromatic nitrogens is 2. The second kappa shape index (κ2) is 7.93. The predicted octanol–water partition coefficient (Wildman–Crippen LogP) is 3.64. The molecule has 0 aliphatic rings. The average Bonchev–Trinajstić information content (AvgIpc) is 3.13. The number of nitrogens with two attached hydrogens (primary N) is 1. The summed E-state index contributed by atoms with van der Waals surface area (Å²) in [5.41, 5.74) is 9.50. The molecule has 3 rings (SSSR count). The molecule has 1 unspecified atom stereocenters. The molecule has 1 heterocycles. The van der Waals surface area contributed by atoms with E-state index >= 15 is 0 Å². The molecule has 0 fully saturated rings. The largest absolute Gasteiger partial charge is 0.334 e. The van der Waals surface area contributed by atoms with Gasteiger partial charge in [0, 0.05) is 30.1 Å². The molecule has 1 atom stereocenters. The molecule has 0 aliphatic heterocycles. The van der Waals surface area contributed by atoms with Gasteiger partial charge in [-0.2, -0.15) is 4.98 Å². The van der Waals surface area contributed by atoms with Gasteiger partial charge in [0.05, 0.1) is 0 Å². The molecule has 0 saturated carbocycles. The van der Waals surface area contributed by atoms with Crippen molar-refractivity contribution in [3.63, 3.8) is 0 Å². The van der Waals surface area contributed by atoms with Crippen LogP contribution in [-0.2, 0) is 11.2 Å². The lowest BCUT2D eigenvalue weighted by molar-refractivity contribution is -0.116. The fraction of sp³-hybridized carbons (Fsp3) is 0.250. The Bertz CT molecular complexity index is 890. The maximum absolute atomic E-state index is 12.4. The zero-order valence-corrected chi connectivity index (χ0v) is 14.9. The van der Waals surface area contributed by atoms with Crippen LogP contribution in [0.4, 0.5) is 5.69 Å². The first kappa shape index (κ1) is 17.8. The van der Waals surface area contributed by atoms with E-state index < -0.39 is 0 Å². The third-order valence-corrected chi connectivity index (χ3v) is 4.18. The van der Waals surface area contributed by atoms with Crippen LogP contribution >= 0.6 is 0 Å². The lowest BCUT2D eigenvalue weighted by atomic mass is 10.0. The van der Waals surface area contributed by atoms with E-state index in [4.69, 9.17) is 10.3 Å². The van der Waals surface area contributed by atoms with Crippen molar-refractivity contribution in [2.45, 2.75) is 32.7 Å². The van der Waals surface area contributed by atoms with E-state index in [1.807, 2.05) is 62.4 Å². The number of hydrogen-bond acceptors (Lipinski definition) is 5. The molecule has 0 spiro atoms. The van der Waals surface area contributed by atoms with Gasteiger partial charge in [-0.1, -0.05) is 48.5 Å². The van der Waals surface area contributed by atoms with Crippen LogP contribution in [0.1, 0.15) is 36.3 Å². The lowest BCUT2D eigenvalue weighted by Gasteiger charge is -2.13.